The minimum Gasteiger partial charge on any atom is -0.466 e. The number of esters is 2. The van der Waals surface area contributed by atoms with Crippen molar-refractivity contribution in [2.45, 2.75) is 72.2 Å². The van der Waals surface area contributed by atoms with Crippen LogP contribution in [0.15, 0.2) is 24.3 Å². The van der Waals surface area contributed by atoms with Crippen LogP contribution < -0.4 is 0 Å². The smallest absolute Gasteiger partial charge is 0.330 e. The molecule has 0 aromatic carbocycles. The summed E-state index contributed by atoms with van der Waals surface area (Å²) < 4.78 is 16.5. The molecule has 0 radical (unpaired) electrons. The second-order valence-corrected chi connectivity index (χ2v) is 6.88. The van der Waals surface area contributed by atoms with Gasteiger partial charge in [0, 0.05) is 12.5 Å². The number of methoxy groups -OCH3 is 1. The highest BCUT2D eigenvalue weighted by molar-refractivity contribution is 5.83. The van der Waals surface area contributed by atoms with Gasteiger partial charge in [-0.3, -0.25) is 4.79 Å². The Morgan fingerprint density at radius 1 is 1.41 bits per heavy atom. The molecule has 1 aliphatic rings. The number of rotatable bonds is 7. The van der Waals surface area contributed by atoms with Gasteiger partial charge >= 0.3 is 11.9 Å². The molecule has 2 N–H and O–H groups in total. The maximum atomic E-state index is 12.0. The summed E-state index contributed by atoms with van der Waals surface area (Å²) in [6.07, 6.45) is 3.78. The van der Waals surface area contributed by atoms with Gasteiger partial charge < -0.3 is 24.5 Å². The molecule has 1 heterocycles. The summed E-state index contributed by atoms with van der Waals surface area (Å²) in [5.41, 5.74) is -1.52. The van der Waals surface area contributed by atoms with Gasteiger partial charge in [0.15, 0.2) is 6.10 Å². The second-order valence-electron chi connectivity index (χ2n) is 6.88. The molecule has 1 saturated heterocycles. The number of hydrogen-bond acceptors (Lipinski definition) is 6. The van der Waals surface area contributed by atoms with E-state index in [4.69, 9.17) is 14.2 Å². The maximum Gasteiger partial charge on any atom is 0.330 e. The summed E-state index contributed by atoms with van der Waals surface area (Å²) in [5.74, 6) is -0.975. The van der Waals surface area contributed by atoms with Crippen molar-refractivity contribution in [3.05, 3.63) is 24.3 Å². The Balaban J connectivity index is 0. The van der Waals surface area contributed by atoms with Gasteiger partial charge in [-0.15, -0.1) is 6.58 Å². The van der Waals surface area contributed by atoms with E-state index in [1.807, 2.05) is 0 Å². The monoisotopic (exact) mass is 386 g/mol. The van der Waals surface area contributed by atoms with Crippen LogP contribution in [0.5, 0.6) is 0 Å². The van der Waals surface area contributed by atoms with Crippen molar-refractivity contribution >= 4 is 18.2 Å². The summed E-state index contributed by atoms with van der Waals surface area (Å²) in [4.78, 5) is 35.5. The molecule has 1 rings (SSSR count). The van der Waals surface area contributed by atoms with Crippen LogP contribution in [0, 0.1) is 5.41 Å². The number of hydrogen-bond donors (Lipinski definition) is 0. The molecule has 0 aromatic heterocycles. The summed E-state index contributed by atoms with van der Waals surface area (Å²) in [6.45, 7) is 10.6. The lowest BCUT2D eigenvalue weighted by Crippen LogP contribution is -2.60. The molecule has 1 fully saturated rings. The lowest BCUT2D eigenvalue weighted by Gasteiger charge is -2.51. The Morgan fingerprint density at radius 3 is 2.44 bits per heavy atom. The molecule has 0 bridgehead atoms. The largest absolute Gasteiger partial charge is 0.466 e. The highest BCUT2D eigenvalue weighted by Crippen LogP contribution is 2.45. The highest BCUT2D eigenvalue weighted by Gasteiger charge is 2.55. The molecule has 0 saturated carbocycles. The number of carbonyl (C=O) groups excluding carboxylic acids is 3. The first-order chi connectivity index (χ1) is 11.6. The van der Waals surface area contributed by atoms with Gasteiger partial charge in [0.25, 0.3) is 0 Å². The van der Waals surface area contributed by atoms with Gasteiger partial charge in [0.05, 0.1) is 18.6 Å². The summed E-state index contributed by atoms with van der Waals surface area (Å²) >= 11 is 0. The molecular formula is C20H34O7. The van der Waals surface area contributed by atoms with E-state index in [1.165, 1.54) is 13.2 Å². The normalized spacial score (nSPS) is 26.2. The quantitative estimate of drug-likeness (QED) is 0.288. The van der Waals surface area contributed by atoms with Crippen molar-refractivity contribution in [3.63, 3.8) is 0 Å². The van der Waals surface area contributed by atoms with Crippen LogP contribution in [0.3, 0.4) is 0 Å². The SMILES string of the molecule is C.C=CCC1C/C(=C\C(=O)OC)[C@H](OC(=O)CC)[C@](C)(C(C)(C)C=O)O1.O. The Morgan fingerprint density at radius 2 is 2.00 bits per heavy atom. The summed E-state index contributed by atoms with van der Waals surface area (Å²) in [6, 6.07) is 0. The first-order valence-corrected chi connectivity index (χ1v) is 8.38. The molecule has 7 heteroatoms. The van der Waals surface area contributed by atoms with Crippen LogP contribution in [0.2, 0.25) is 0 Å². The fraction of sp³-hybridized carbons (Fsp3) is 0.650. The molecule has 0 spiro atoms. The van der Waals surface area contributed by atoms with Gasteiger partial charge in [-0.2, -0.15) is 0 Å². The first-order valence-electron chi connectivity index (χ1n) is 8.38. The standard InChI is InChI=1S/C19H28O6.CH4.H2O/c1-7-9-14-10-13(11-16(22)23-6)17(24-15(21)8-2)19(5,25-14)18(3,4)12-20;;/h7,11-12,14,17H,1,8-10H2,2-6H3;1H4;1H2/b13-11+;;/t14?,17-,19+;;/m0../s1. The zero-order valence-electron chi connectivity index (χ0n) is 16.2. The lowest BCUT2D eigenvalue weighted by molar-refractivity contribution is -0.217. The van der Waals surface area contributed by atoms with E-state index in [1.54, 1.807) is 33.8 Å². The minimum absolute atomic E-state index is 0. The van der Waals surface area contributed by atoms with E-state index in [0.717, 1.165) is 6.29 Å². The van der Waals surface area contributed by atoms with E-state index < -0.39 is 29.1 Å². The molecule has 1 aliphatic heterocycles. The van der Waals surface area contributed by atoms with Crippen molar-refractivity contribution in [1.82, 2.24) is 0 Å². The van der Waals surface area contributed by atoms with Gasteiger partial charge in [-0.1, -0.05) is 34.3 Å². The van der Waals surface area contributed by atoms with Crippen molar-refractivity contribution in [3.8, 4) is 0 Å². The van der Waals surface area contributed by atoms with E-state index in [9.17, 15) is 14.4 Å². The van der Waals surface area contributed by atoms with Crippen LogP contribution in [-0.4, -0.2) is 48.6 Å². The lowest BCUT2D eigenvalue weighted by atomic mass is 9.69. The third-order valence-corrected chi connectivity index (χ3v) is 4.76. The Bertz CT molecular complexity index is 565. The molecule has 0 aromatic rings. The van der Waals surface area contributed by atoms with Crippen molar-refractivity contribution < 1.29 is 34.1 Å². The molecule has 7 nitrogen and oxygen atoms in total. The third-order valence-electron chi connectivity index (χ3n) is 4.76. The maximum absolute atomic E-state index is 12.0. The van der Waals surface area contributed by atoms with Gasteiger partial charge in [-0.25, -0.2) is 4.79 Å². The second kappa shape index (κ2) is 11.0. The van der Waals surface area contributed by atoms with Gasteiger partial charge in [0.1, 0.15) is 11.9 Å². The number of aldehydes is 1. The first kappa shape index (κ1) is 27.2. The predicted molar refractivity (Wildman–Crippen MR) is 103 cm³/mol. The highest BCUT2D eigenvalue weighted by atomic mass is 16.6. The van der Waals surface area contributed by atoms with E-state index in [0.29, 0.717) is 18.4 Å². The van der Waals surface area contributed by atoms with Crippen LogP contribution >= 0.6 is 0 Å². The molecule has 27 heavy (non-hydrogen) atoms. The van der Waals surface area contributed by atoms with E-state index in [2.05, 4.69) is 6.58 Å². The van der Waals surface area contributed by atoms with Gasteiger partial charge in [-0.05, 0) is 25.3 Å². The number of ether oxygens (including phenoxy) is 3. The van der Waals surface area contributed by atoms with Crippen LogP contribution in [-0.2, 0) is 28.6 Å². The fourth-order valence-corrected chi connectivity index (χ4v) is 2.85. The fourth-order valence-electron chi connectivity index (χ4n) is 2.85. The molecular weight excluding hydrogens is 352 g/mol. The zero-order chi connectivity index (χ0) is 19.3. The average Bonchev–Trinajstić information content (AvgIpc) is 2.57. The Labute approximate surface area is 162 Å². The van der Waals surface area contributed by atoms with Crippen molar-refractivity contribution in [2.75, 3.05) is 7.11 Å². The molecule has 3 atom stereocenters. The molecule has 0 amide bonds. The van der Waals surface area contributed by atoms with Gasteiger partial charge in [0.2, 0.25) is 0 Å². The van der Waals surface area contributed by atoms with Crippen molar-refractivity contribution in [1.29, 1.82) is 0 Å². The number of carbonyl (C=O) groups is 3. The summed E-state index contributed by atoms with van der Waals surface area (Å²) in [5, 5.41) is 0. The van der Waals surface area contributed by atoms with Crippen LogP contribution in [0.1, 0.15) is 54.4 Å². The predicted octanol–water partition coefficient (Wildman–Crippen LogP) is 2.57. The zero-order valence-corrected chi connectivity index (χ0v) is 16.2. The Kier molecular flexibility index (Phi) is 11.1. The molecule has 156 valence electrons. The van der Waals surface area contributed by atoms with Crippen molar-refractivity contribution in [2.24, 2.45) is 5.41 Å². The molecule has 1 unspecified atom stereocenters. The minimum atomic E-state index is -1.13. The topological polar surface area (TPSA) is 110 Å². The van der Waals surface area contributed by atoms with E-state index >= 15 is 0 Å². The molecule has 0 aliphatic carbocycles. The van der Waals surface area contributed by atoms with Crippen LogP contribution in [0.25, 0.3) is 0 Å². The van der Waals surface area contributed by atoms with E-state index in [-0.39, 0.29) is 25.4 Å². The Hall–Kier alpha value is -1.99. The summed E-state index contributed by atoms with van der Waals surface area (Å²) in [7, 11) is 1.28. The van der Waals surface area contributed by atoms with Crippen LogP contribution in [0.4, 0.5) is 0 Å². The third kappa shape index (κ3) is 6.01. The average molecular weight is 386 g/mol.